The van der Waals surface area contributed by atoms with Crippen molar-refractivity contribution in [2.24, 2.45) is 5.41 Å². The first-order valence-corrected chi connectivity index (χ1v) is 7.90. The number of pyridine rings is 1. The third-order valence-electron chi connectivity index (χ3n) is 3.95. The van der Waals surface area contributed by atoms with Crippen LogP contribution in [0.3, 0.4) is 0 Å². The van der Waals surface area contributed by atoms with E-state index in [-0.39, 0.29) is 0 Å². The van der Waals surface area contributed by atoms with Crippen LogP contribution in [0, 0.1) is 12.3 Å². The van der Waals surface area contributed by atoms with Crippen LogP contribution in [0.2, 0.25) is 0 Å². The van der Waals surface area contributed by atoms with Crippen LogP contribution in [0.15, 0.2) is 18.3 Å². The summed E-state index contributed by atoms with van der Waals surface area (Å²) < 4.78 is 0. The molecule has 0 aliphatic heterocycles. The van der Waals surface area contributed by atoms with Crippen molar-refractivity contribution in [1.29, 1.82) is 0 Å². The highest BCUT2D eigenvalue weighted by Crippen LogP contribution is 2.44. The van der Waals surface area contributed by atoms with E-state index in [2.05, 4.69) is 36.3 Å². The highest BCUT2D eigenvalue weighted by atomic mass is 32.1. The van der Waals surface area contributed by atoms with Crippen molar-refractivity contribution in [3.63, 3.8) is 0 Å². The molecule has 2 aromatic rings. The summed E-state index contributed by atoms with van der Waals surface area (Å²) >= 11 is 1.81. The summed E-state index contributed by atoms with van der Waals surface area (Å²) in [6, 6.07) is 4.60. The average molecular weight is 287 g/mol. The van der Waals surface area contributed by atoms with Gasteiger partial charge in [0.2, 0.25) is 0 Å². The molecule has 4 heteroatoms. The van der Waals surface area contributed by atoms with Crippen molar-refractivity contribution in [3.8, 4) is 10.6 Å². The van der Waals surface area contributed by atoms with Gasteiger partial charge in [-0.05, 0) is 44.4 Å². The van der Waals surface area contributed by atoms with E-state index in [9.17, 15) is 0 Å². The molecule has 0 saturated heterocycles. The Morgan fingerprint density at radius 3 is 2.80 bits per heavy atom. The number of aryl methyl sites for hydroxylation is 1. The van der Waals surface area contributed by atoms with E-state index in [1.165, 1.54) is 17.0 Å². The largest absolute Gasteiger partial charge is 0.312 e. The topological polar surface area (TPSA) is 37.8 Å². The fourth-order valence-corrected chi connectivity index (χ4v) is 4.07. The number of rotatable bonds is 2. The van der Waals surface area contributed by atoms with E-state index in [0.29, 0.717) is 11.5 Å². The third kappa shape index (κ3) is 2.50. The molecule has 0 fully saturated rings. The Bertz CT molecular complexity index is 613. The summed E-state index contributed by atoms with van der Waals surface area (Å²) in [5.41, 5.74) is 3.76. The molecular weight excluding hydrogens is 266 g/mol. The number of hydrogen-bond donors (Lipinski definition) is 1. The van der Waals surface area contributed by atoms with Gasteiger partial charge in [-0.3, -0.25) is 4.98 Å². The molecule has 0 saturated carbocycles. The maximum atomic E-state index is 4.88. The minimum Gasteiger partial charge on any atom is -0.312 e. The van der Waals surface area contributed by atoms with Crippen molar-refractivity contribution in [1.82, 2.24) is 15.3 Å². The summed E-state index contributed by atoms with van der Waals surface area (Å²) in [7, 11) is 2.04. The van der Waals surface area contributed by atoms with Crippen molar-refractivity contribution >= 4 is 11.3 Å². The molecule has 1 aliphatic carbocycles. The molecule has 0 amide bonds. The molecule has 2 aromatic heterocycles. The van der Waals surface area contributed by atoms with E-state index in [0.717, 1.165) is 22.7 Å². The standard InChI is InChI=1S/C16H21N3S/c1-10-5-6-11(9-18-10)15-19-13-8-16(2,3)7-12(17-4)14(13)20-15/h5-6,9,12,17H,7-8H2,1-4H3. The number of hydrogen-bond acceptors (Lipinski definition) is 4. The molecule has 1 unspecified atom stereocenters. The normalized spacial score (nSPS) is 20.7. The highest BCUT2D eigenvalue weighted by molar-refractivity contribution is 7.15. The molecule has 1 N–H and O–H groups in total. The fourth-order valence-electron chi connectivity index (χ4n) is 2.88. The Kier molecular flexibility index (Phi) is 3.38. The molecule has 1 atom stereocenters. The van der Waals surface area contributed by atoms with E-state index in [4.69, 9.17) is 4.98 Å². The van der Waals surface area contributed by atoms with Crippen LogP contribution in [0.25, 0.3) is 10.6 Å². The molecule has 20 heavy (non-hydrogen) atoms. The lowest BCUT2D eigenvalue weighted by atomic mass is 9.76. The maximum Gasteiger partial charge on any atom is 0.125 e. The number of nitrogens with zero attached hydrogens (tertiary/aromatic N) is 2. The highest BCUT2D eigenvalue weighted by Gasteiger charge is 2.34. The number of thiazole rings is 1. The predicted octanol–water partition coefficient (Wildman–Crippen LogP) is 3.75. The molecule has 3 rings (SSSR count). The zero-order valence-electron chi connectivity index (χ0n) is 12.5. The molecule has 0 spiro atoms. The maximum absolute atomic E-state index is 4.88. The van der Waals surface area contributed by atoms with E-state index in [1.54, 1.807) is 0 Å². The zero-order chi connectivity index (χ0) is 14.3. The van der Waals surface area contributed by atoms with Gasteiger partial charge in [0.1, 0.15) is 5.01 Å². The van der Waals surface area contributed by atoms with Crippen molar-refractivity contribution < 1.29 is 0 Å². The van der Waals surface area contributed by atoms with E-state index < -0.39 is 0 Å². The number of aromatic nitrogens is 2. The van der Waals surface area contributed by atoms with Gasteiger partial charge in [-0.25, -0.2) is 4.98 Å². The Balaban J connectivity index is 2.01. The summed E-state index contributed by atoms with van der Waals surface area (Å²) in [4.78, 5) is 10.7. The summed E-state index contributed by atoms with van der Waals surface area (Å²) in [5.74, 6) is 0. The molecule has 0 bridgehead atoms. The minimum absolute atomic E-state index is 0.317. The summed E-state index contributed by atoms with van der Waals surface area (Å²) in [5, 5.41) is 4.54. The Morgan fingerprint density at radius 1 is 1.35 bits per heavy atom. The quantitative estimate of drug-likeness (QED) is 0.914. The molecular formula is C16H21N3S. The van der Waals surface area contributed by atoms with Crippen LogP contribution in [0.5, 0.6) is 0 Å². The molecule has 1 aliphatic rings. The summed E-state index contributed by atoms with van der Waals surface area (Å²) in [6.07, 6.45) is 4.17. The van der Waals surface area contributed by atoms with Gasteiger partial charge in [-0.15, -0.1) is 11.3 Å². The van der Waals surface area contributed by atoms with Gasteiger partial charge in [0.25, 0.3) is 0 Å². The van der Waals surface area contributed by atoms with Crippen molar-refractivity contribution in [3.05, 3.63) is 34.6 Å². The van der Waals surface area contributed by atoms with E-state index in [1.807, 2.05) is 31.5 Å². The van der Waals surface area contributed by atoms with Gasteiger partial charge in [0, 0.05) is 28.4 Å². The lowest BCUT2D eigenvalue weighted by Crippen LogP contribution is -2.30. The van der Waals surface area contributed by atoms with E-state index >= 15 is 0 Å². The van der Waals surface area contributed by atoms with Gasteiger partial charge < -0.3 is 5.32 Å². The van der Waals surface area contributed by atoms with Gasteiger partial charge in [-0.1, -0.05) is 13.8 Å². The molecule has 2 heterocycles. The second kappa shape index (κ2) is 4.93. The molecule has 0 radical (unpaired) electrons. The monoisotopic (exact) mass is 287 g/mol. The van der Waals surface area contributed by atoms with Gasteiger partial charge in [0.05, 0.1) is 5.69 Å². The van der Waals surface area contributed by atoms with Crippen LogP contribution in [-0.2, 0) is 6.42 Å². The smallest absolute Gasteiger partial charge is 0.125 e. The Hall–Kier alpha value is -1.26. The predicted molar refractivity (Wildman–Crippen MR) is 84.0 cm³/mol. The molecule has 3 nitrogen and oxygen atoms in total. The Labute approximate surface area is 124 Å². The lowest BCUT2D eigenvalue weighted by Gasteiger charge is -2.34. The fraction of sp³-hybridized carbons (Fsp3) is 0.500. The second-order valence-electron chi connectivity index (χ2n) is 6.40. The minimum atomic E-state index is 0.317. The number of fused-ring (bicyclic) bond motifs is 1. The van der Waals surface area contributed by atoms with Gasteiger partial charge >= 0.3 is 0 Å². The first-order chi connectivity index (χ1) is 9.48. The lowest BCUT2D eigenvalue weighted by molar-refractivity contribution is 0.265. The third-order valence-corrected chi connectivity index (χ3v) is 5.21. The zero-order valence-corrected chi connectivity index (χ0v) is 13.3. The van der Waals surface area contributed by atoms with Crippen molar-refractivity contribution in [2.45, 2.75) is 39.7 Å². The summed E-state index contributed by atoms with van der Waals surface area (Å²) in [6.45, 7) is 6.66. The van der Waals surface area contributed by atoms with Crippen LogP contribution in [0.1, 0.15) is 42.6 Å². The first kappa shape index (κ1) is 13.7. The molecule has 0 aromatic carbocycles. The van der Waals surface area contributed by atoms with Crippen LogP contribution >= 0.6 is 11.3 Å². The van der Waals surface area contributed by atoms with Gasteiger partial charge in [0.15, 0.2) is 0 Å². The molecule has 106 valence electrons. The van der Waals surface area contributed by atoms with Crippen LogP contribution < -0.4 is 5.32 Å². The number of nitrogens with one attached hydrogen (secondary N) is 1. The Morgan fingerprint density at radius 2 is 2.15 bits per heavy atom. The first-order valence-electron chi connectivity index (χ1n) is 7.08. The van der Waals surface area contributed by atoms with Crippen molar-refractivity contribution in [2.75, 3.05) is 7.05 Å². The van der Waals surface area contributed by atoms with Gasteiger partial charge in [-0.2, -0.15) is 0 Å². The van der Waals surface area contributed by atoms with Crippen LogP contribution in [0.4, 0.5) is 0 Å². The average Bonchev–Trinajstić information content (AvgIpc) is 2.80. The second-order valence-corrected chi connectivity index (χ2v) is 7.44. The van der Waals surface area contributed by atoms with Crippen LogP contribution in [-0.4, -0.2) is 17.0 Å². The SMILES string of the molecule is CNC1CC(C)(C)Cc2nc(-c3ccc(C)nc3)sc21.